The van der Waals surface area contributed by atoms with Crippen LogP contribution in [0.1, 0.15) is 21.5 Å². The van der Waals surface area contributed by atoms with Crippen molar-refractivity contribution in [3.05, 3.63) is 124 Å². The highest BCUT2D eigenvalue weighted by atomic mass is 35.5. The fraction of sp³-hybridized carbons (Fsp3) is 0.121. The molecule has 9 heteroatoms. The molecule has 214 valence electrons. The van der Waals surface area contributed by atoms with Gasteiger partial charge in [-0.2, -0.15) is 0 Å². The molecule has 3 amide bonds. The highest BCUT2D eigenvalue weighted by Crippen LogP contribution is 2.23. The van der Waals surface area contributed by atoms with Crippen molar-refractivity contribution in [1.82, 2.24) is 5.32 Å². The Morgan fingerprint density at radius 1 is 0.857 bits per heavy atom. The van der Waals surface area contributed by atoms with E-state index < -0.39 is 5.91 Å². The Morgan fingerprint density at radius 2 is 1.55 bits per heavy atom. The summed E-state index contributed by atoms with van der Waals surface area (Å²) < 4.78 is 0. The number of hydrogen-bond acceptors (Lipinski definition) is 5. The van der Waals surface area contributed by atoms with Gasteiger partial charge in [0.05, 0.1) is 5.75 Å². The van der Waals surface area contributed by atoms with Crippen molar-refractivity contribution in [3.8, 4) is 0 Å². The van der Waals surface area contributed by atoms with E-state index in [1.54, 1.807) is 54.6 Å². The molecule has 0 fully saturated rings. The van der Waals surface area contributed by atoms with E-state index in [0.717, 1.165) is 21.7 Å². The van der Waals surface area contributed by atoms with Crippen LogP contribution in [0.15, 0.2) is 108 Å². The van der Waals surface area contributed by atoms with Crippen LogP contribution in [0.3, 0.4) is 0 Å². The Balaban J connectivity index is 1.42. The van der Waals surface area contributed by atoms with Gasteiger partial charge in [-0.15, -0.1) is 11.8 Å². The first kappa shape index (κ1) is 30.4. The smallest absolute Gasteiger partial charge is 0.272 e. The van der Waals surface area contributed by atoms with Gasteiger partial charge >= 0.3 is 0 Å². The van der Waals surface area contributed by atoms with E-state index in [4.69, 9.17) is 11.6 Å². The number of benzene rings is 4. The number of carbonyl (C=O) groups excluding carboxylic acids is 3. The molecule has 0 aliphatic rings. The van der Waals surface area contributed by atoms with Gasteiger partial charge in [0, 0.05) is 46.6 Å². The minimum atomic E-state index is -0.465. The number of rotatable bonds is 10. The SMILES string of the molecule is Cc1ccc(Cl)cc1NC(=O)CSc1ccc(NC(=O)/C(=C/c2ccc(N(C)C)cc2)NC(=O)c2ccccc2)cc1. The quantitative estimate of drug-likeness (QED) is 0.137. The maximum Gasteiger partial charge on any atom is 0.272 e. The second kappa shape index (κ2) is 14.4. The van der Waals surface area contributed by atoms with Crippen molar-refractivity contribution in [3.63, 3.8) is 0 Å². The van der Waals surface area contributed by atoms with Gasteiger partial charge in [-0.05, 0) is 84.8 Å². The molecule has 0 aliphatic heterocycles. The monoisotopic (exact) mass is 598 g/mol. The molecule has 0 aliphatic carbocycles. The van der Waals surface area contributed by atoms with Crippen LogP contribution in [-0.4, -0.2) is 37.6 Å². The molecule has 4 rings (SSSR count). The third kappa shape index (κ3) is 8.73. The van der Waals surface area contributed by atoms with Crippen LogP contribution in [0, 0.1) is 6.92 Å². The Bertz CT molecular complexity index is 1590. The summed E-state index contributed by atoms with van der Waals surface area (Å²) >= 11 is 7.41. The lowest BCUT2D eigenvalue weighted by Gasteiger charge is -2.13. The fourth-order valence-corrected chi connectivity index (χ4v) is 4.75. The van der Waals surface area contributed by atoms with Gasteiger partial charge in [0.2, 0.25) is 5.91 Å². The Morgan fingerprint density at radius 3 is 2.21 bits per heavy atom. The van der Waals surface area contributed by atoms with Gasteiger partial charge < -0.3 is 20.9 Å². The summed E-state index contributed by atoms with van der Waals surface area (Å²) in [6.45, 7) is 1.90. The van der Waals surface area contributed by atoms with Gasteiger partial charge in [0.15, 0.2) is 0 Å². The van der Waals surface area contributed by atoms with E-state index in [1.807, 2.05) is 74.4 Å². The highest BCUT2D eigenvalue weighted by molar-refractivity contribution is 8.00. The number of carbonyl (C=O) groups is 3. The first-order valence-electron chi connectivity index (χ1n) is 13.1. The maximum atomic E-state index is 13.3. The average molecular weight is 599 g/mol. The third-order valence-corrected chi connectivity index (χ3v) is 7.45. The number of halogens is 1. The topological polar surface area (TPSA) is 90.5 Å². The molecule has 42 heavy (non-hydrogen) atoms. The molecule has 0 aromatic heterocycles. The summed E-state index contributed by atoms with van der Waals surface area (Å²) in [6, 6.07) is 28.9. The van der Waals surface area contributed by atoms with Crippen molar-refractivity contribution in [2.45, 2.75) is 11.8 Å². The lowest BCUT2D eigenvalue weighted by molar-refractivity contribution is -0.114. The number of aryl methyl sites for hydroxylation is 1. The Labute approximate surface area is 255 Å². The summed E-state index contributed by atoms with van der Waals surface area (Å²) in [7, 11) is 3.90. The third-order valence-electron chi connectivity index (χ3n) is 6.21. The molecular formula is C33H31ClN4O3S. The zero-order chi connectivity index (χ0) is 30.1. The van der Waals surface area contributed by atoms with Crippen molar-refractivity contribution in [2.75, 3.05) is 35.4 Å². The van der Waals surface area contributed by atoms with E-state index in [0.29, 0.717) is 22.0 Å². The lowest BCUT2D eigenvalue weighted by Crippen LogP contribution is -2.30. The molecule has 0 radical (unpaired) electrons. The van der Waals surface area contributed by atoms with E-state index >= 15 is 0 Å². The molecule has 0 saturated heterocycles. The average Bonchev–Trinajstić information content (AvgIpc) is 2.99. The number of hydrogen-bond donors (Lipinski definition) is 3. The summed E-state index contributed by atoms with van der Waals surface area (Å²) in [5.74, 6) is -0.791. The van der Waals surface area contributed by atoms with Gasteiger partial charge in [-0.25, -0.2) is 0 Å². The van der Waals surface area contributed by atoms with Gasteiger partial charge in [0.25, 0.3) is 11.8 Å². The number of thioether (sulfide) groups is 1. The lowest BCUT2D eigenvalue weighted by atomic mass is 10.1. The zero-order valence-electron chi connectivity index (χ0n) is 23.5. The Kier molecular flexibility index (Phi) is 10.4. The van der Waals surface area contributed by atoms with Crippen LogP contribution in [0.5, 0.6) is 0 Å². The molecule has 0 atom stereocenters. The minimum absolute atomic E-state index is 0.105. The predicted molar refractivity (Wildman–Crippen MR) is 173 cm³/mol. The summed E-state index contributed by atoms with van der Waals surface area (Å²) in [4.78, 5) is 41.5. The number of amides is 3. The van der Waals surface area contributed by atoms with Crippen molar-refractivity contribution < 1.29 is 14.4 Å². The first-order chi connectivity index (χ1) is 20.2. The molecule has 0 saturated carbocycles. The molecule has 0 heterocycles. The van der Waals surface area contributed by atoms with Crippen LogP contribution in [0.25, 0.3) is 6.08 Å². The molecule has 0 unspecified atom stereocenters. The van der Waals surface area contributed by atoms with Gasteiger partial charge in [0.1, 0.15) is 5.70 Å². The normalized spacial score (nSPS) is 11.0. The van der Waals surface area contributed by atoms with Crippen molar-refractivity contribution in [2.24, 2.45) is 0 Å². The molecule has 0 spiro atoms. The summed E-state index contributed by atoms with van der Waals surface area (Å²) in [6.07, 6.45) is 1.64. The first-order valence-corrected chi connectivity index (χ1v) is 14.5. The second-order valence-electron chi connectivity index (χ2n) is 9.64. The molecule has 4 aromatic rings. The van der Waals surface area contributed by atoms with Crippen LogP contribution in [0.2, 0.25) is 5.02 Å². The fourth-order valence-electron chi connectivity index (χ4n) is 3.87. The van der Waals surface area contributed by atoms with E-state index in [9.17, 15) is 14.4 Å². The van der Waals surface area contributed by atoms with Crippen LogP contribution in [-0.2, 0) is 9.59 Å². The van der Waals surface area contributed by atoms with Gasteiger partial charge in [-0.3, -0.25) is 14.4 Å². The summed E-state index contributed by atoms with van der Waals surface area (Å²) in [5.41, 5.74) is 4.48. The standard InChI is InChI=1S/C33H31ClN4O3S/c1-22-9-12-25(34)20-29(22)36-31(39)21-42-28-17-13-26(14-18-28)35-33(41)30(37-32(40)24-7-5-4-6-8-24)19-23-10-15-27(16-11-23)38(2)3/h4-20H,21H2,1-3H3,(H,35,41)(H,36,39)(H,37,40)/b30-19-. The maximum absolute atomic E-state index is 13.3. The van der Waals surface area contributed by atoms with Crippen LogP contribution < -0.4 is 20.9 Å². The van der Waals surface area contributed by atoms with Gasteiger partial charge in [-0.1, -0.05) is 48.0 Å². The molecule has 0 bridgehead atoms. The molecule has 3 N–H and O–H groups in total. The predicted octanol–water partition coefficient (Wildman–Crippen LogP) is 6.85. The number of nitrogens with one attached hydrogen (secondary N) is 3. The van der Waals surface area contributed by atoms with Crippen molar-refractivity contribution in [1.29, 1.82) is 0 Å². The summed E-state index contributed by atoms with van der Waals surface area (Å²) in [5, 5.41) is 9.05. The number of anilines is 3. The zero-order valence-corrected chi connectivity index (χ0v) is 25.1. The van der Waals surface area contributed by atoms with Crippen LogP contribution >= 0.6 is 23.4 Å². The van der Waals surface area contributed by atoms with E-state index in [2.05, 4.69) is 16.0 Å². The highest BCUT2D eigenvalue weighted by Gasteiger charge is 2.15. The van der Waals surface area contributed by atoms with E-state index in [-0.39, 0.29) is 23.3 Å². The van der Waals surface area contributed by atoms with E-state index in [1.165, 1.54) is 11.8 Å². The minimum Gasteiger partial charge on any atom is -0.378 e. The van der Waals surface area contributed by atoms with Crippen LogP contribution in [0.4, 0.5) is 17.1 Å². The largest absolute Gasteiger partial charge is 0.378 e. The van der Waals surface area contributed by atoms with Crippen molar-refractivity contribution >= 4 is 64.2 Å². The molecular weight excluding hydrogens is 568 g/mol. The molecule has 7 nitrogen and oxygen atoms in total. The second-order valence-corrected chi connectivity index (χ2v) is 11.1. The number of nitrogens with zero attached hydrogens (tertiary/aromatic N) is 1. The molecule has 4 aromatic carbocycles. The Hall–Kier alpha value is -4.53.